The van der Waals surface area contributed by atoms with Gasteiger partial charge in [-0.3, -0.25) is 0 Å². The van der Waals surface area contributed by atoms with E-state index in [1.54, 1.807) is 0 Å². The summed E-state index contributed by atoms with van der Waals surface area (Å²) in [6.07, 6.45) is 4.61. The summed E-state index contributed by atoms with van der Waals surface area (Å²) in [6, 6.07) is 0.440. The van der Waals surface area contributed by atoms with Gasteiger partial charge in [-0.05, 0) is 43.4 Å². The SMILES string of the molecule is CC1CCC(NCCSC(F)(F)F)CC1. The molecule has 1 fully saturated rings. The highest BCUT2D eigenvalue weighted by molar-refractivity contribution is 8.00. The second-order valence-corrected chi connectivity index (χ2v) is 5.36. The topological polar surface area (TPSA) is 12.0 Å². The van der Waals surface area contributed by atoms with E-state index >= 15 is 0 Å². The van der Waals surface area contributed by atoms with E-state index in [2.05, 4.69) is 12.2 Å². The molecule has 0 aliphatic heterocycles. The van der Waals surface area contributed by atoms with Crippen molar-refractivity contribution in [2.45, 2.75) is 44.2 Å². The Bertz CT molecular complexity index is 176. The van der Waals surface area contributed by atoms with Crippen molar-refractivity contribution in [1.29, 1.82) is 0 Å². The lowest BCUT2D eigenvalue weighted by Gasteiger charge is -2.27. The van der Waals surface area contributed by atoms with Crippen LogP contribution in [0.15, 0.2) is 0 Å². The Morgan fingerprint density at radius 3 is 2.33 bits per heavy atom. The highest BCUT2D eigenvalue weighted by Gasteiger charge is 2.27. The average molecular weight is 241 g/mol. The van der Waals surface area contributed by atoms with Gasteiger partial charge in [-0.15, -0.1) is 0 Å². The molecule has 90 valence electrons. The molecule has 0 amide bonds. The second kappa shape index (κ2) is 5.99. The van der Waals surface area contributed by atoms with Gasteiger partial charge in [0, 0.05) is 18.3 Å². The van der Waals surface area contributed by atoms with Crippen LogP contribution in [0.2, 0.25) is 0 Å². The van der Waals surface area contributed by atoms with Gasteiger partial charge >= 0.3 is 5.51 Å². The van der Waals surface area contributed by atoms with Crippen LogP contribution in [0.4, 0.5) is 13.2 Å². The molecule has 1 rings (SSSR count). The number of hydrogen-bond acceptors (Lipinski definition) is 2. The van der Waals surface area contributed by atoms with E-state index in [0.717, 1.165) is 18.8 Å². The maximum absolute atomic E-state index is 11.8. The first-order chi connectivity index (χ1) is 6.97. The summed E-state index contributed by atoms with van der Waals surface area (Å²) in [5.74, 6) is 0.905. The molecule has 0 bridgehead atoms. The molecular weight excluding hydrogens is 223 g/mol. The first-order valence-electron chi connectivity index (χ1n) is 5.41. The van der Waals surface area contributed by atoms with Crippen molar-refractivity contribution < 1.29 is 13.2 Å². The molecular formula is C10H18F3NS. The van der Waals surface area contributed by atoms with Crippen LogP contribution in [-0.4, -0.2) is 23.8 Å². The lowest BCUT2D eigenvalue weighted by molar-refractivity contribution is -0.0327. The molecule has 0 heterocycles. The number of rotatable bonds is 4. The lowest BCUT2D eigenvalue weighted by Crippen LogP contribution is -2.34. The van der Waals surface area contributed by atoms with E-state index in [9.17, 15) is 13.2 Å². The summed E-state index contributed by atoms with van der Waals surface area (Å²) < 4.78 is 35.4. The number of thioether (sulfide) groups is 1. The summed E-state index contributed by atoms with van der Waals surface area (Å²) in [7, 11) is 0. The zero-order valence-electron chi connectivity index (χ0n) is 8.94. The third-order valence-corrected chi connectivity index (χ3v) is 3.55. The van der Waals surface area contributed by atoms with Crippen LogP contribution in [0.1, 0.15) is 32.6 Å². The number of nitrogens with one attached hydrogen (secondary N) is 1. The molecule has 1 saturated carbocycles. The zero-order valence-corrected chi connectivity index (χ0v) is 9.76. The fourth-order valence-electron chi connectivity index (χ4n) is 1.89. The predicted molar refractivity (Wildman–Crippen MR) is 57.9 cm³/mol. The molecule has 0 spiro atoms. The largest absolute Gasteiger partial charge is 0.441 e. The van der Waals surface area contributed by atoms with Gasteiger partial charge in [-0.25, -0.2) is 0 Å². The standard InChI is InChI=1S/C10H18F3NS/c1-8-2-4-9(5-3-8)14-6-7-15-10(11,12)13/h8-9,14H,2-7H2,1H3. The van der Waals surface area contributed by atoms with Crippen LogP contribution in [0.3, 0.4) is 0 Å². The molecule has 0 radical (unpaired) electrons. The molecule has 15 heavy (non-hydrogen) atoms. The summed E-state index contributed by atoms with van der Waals surface area (Å²) in [5, 5.41) is 3.19. The highest BCUT2D eigenvalue weighted by Crippen LogP contribution is 2.29. The van der Waals surface area contributed by atoms with Gasteiger partial charge in [0.15, 0.2) is 0 Å². The van der Waals surface area contributed by atoms with Gasteiger partial charge in [-0.1, -0.05) is 6.92 Å². The lowest BCUT2D eigenvalue weighted by atomic mass is 9.87. The quantitative estimate of drug-likeness (QED) is 0.757. The van der Waals surface area contributed by atoms with Crippen LogP contribution in [0.5, 0.6) is 0 Å². The minimum atomic E-state index is -4.08. The number of halogens is 3. The zero-order chi connectivity index (χ0) is 11.3. The van der Waals surface area contributed by atoms with Crippen molar-refractivity contribution in [2.75, 3.05) is 12.3 Å². The Balaban J connectivity index is 2.01. The van der Waals surface area contributed by atoms with Crippen molar-refractivity contribution in [3.63, 3.8) is 0 Å². The maximum atomic E-state index is 11.8. The highest BCUT2D eigenvalue weighted by atomic mass is 32.2. The summed E-state index contributed by atoms with van der Waals surface area (Å²) in [4.78, 5) is 0. The molecule has 0 aromatic rings. The van der Waals surface area contributed by atoms with Gasteiger partial charge in [0.05, 0.1) is 0 Å². The van der Waals surface area contributed by atoms with Crippen LogP contribution in [0, 0.1) is 5.92 Å². The number of alkyl halides is 3. The molecule has 0 atom stereocenters. The molecule has 1 N–H and O–H groups in total. The first kappa shape index (κ1) is 13.2. The van der Waals surface area contributed by atoms with Gasteiger partial charge in [0.1, 0.15) is 0 Å². The molecule has 0 aromatic carbocycles. The van der Waals surface area contributed by atoms with Crippen LogP contribution in [0.25, 0.3) is 0 Å². The van der Waals surface area contributed by atoms with E-state index in [1.807, 2.05) is 0 Å². The fourth-order valence-corrected chi connectivity index (χ4v) is 2.35. The molecule has 1 aliphatic rings. The Kier molecular flexibility index (Phi) is 5.26. The molecule has 0 saturated heterocycles. The van der Waals surface area contributed by atoms with Crippen molar-refractivity contribution in [1.82, 2.24) is 5.32 Å². The normalized spacial score (nSPS) is 28.0. The summed E-state index contributed by atoms with van der Waals surface area (Å²) in [6.45, 7) is 2.69. The molecule has 0 aromatic heterocycles. The third kappa shape index (κ3) is 6.30. The van der Waals surface area contributed by atoms with Crippen LogP contribution in [-0.2, 0) is 0 Å². The molecule has 5 heteroatoms. The number of hydrogen-bond donors (Lipinski definition) is 1. The van der Waals surface area contributed by atoms with Crippen molar-refractivity contribution >= 4 is 11.8 Å². The Morgan fingerprint density at radius 2 is 1.80 bits per heavy atom. The van der Waals surface area contributed by atoms with Crippen LogP contribution < -0.4 is 5.32 Å². The predicted octanol–water partition coefficient (Wildman–Crippen LogP) is 3.41. The Labute approximate surface area is 93.2 Å². The van der Waals surface area contributed by atoms with E-state index in [-0.39, 0.29) is 17.5 Å². The summed E-state index contributed by atoms with van der Waals surface area (Å²) >= 11 is 0.0602. The Hall–Kier alpha value is 0.100. The third-order valence-electron chi connectivity index (χ3n) is 2.82. The van der Waals surface area contributed by atoms with Gasteiger partial charge in [0.2, 0.25) is 0 Å². The van der Waals surface area contributed by atoms with Gasteiger partial charge in [-0.2, -0.15) is 13.2 Å². The second-order valence-electron chi connectivity index (χ2n) is 4.21. The maximum Gasteiger partial charge on any atom is 0.441 e. The van der Waals surface area contributed by atoms with Crippen LogP contribution >= 0.6 is 11.8 Å². The van der Waals surface area contributed by atoms with E-state index in [4.69, 9.17) is 0 Å². The van der Waals surface area contributed by atoms with Crippen molar-refractivity contribution in [3.05, 3.63) is 0 Å². The van der Waals surface area contributed by atoms with Gasteiger partial charge in [0.25, 0.3) is 0 Å². The monoisotopic (exact) mass is 241 g/mol. The molecule has 1 nitrogen and oxygen atoms in total. The van der Waals surface area contributed by atoms with E-state index in [0.29, 0.717) is 12.6 Å². The molecule has 1 aliphatic carbocycles. The van der Waals surface area contributed by atoms with Gasteiger partial charge < -0.3 is 5.32 Å². The summed E-state index contributed by atoms with van der Waals surface area (Å²) in [5.41, 5.74) is -4.08. The fraction of sp³-hybridized carbons (Fsp3) is 1.00. The smallest absolute Gasteiger partial charge is 0.313 e. The van der Waals surface area contributed by atoms with E-state index < -0.39 is 5.51 Å². The van der Waals surface area contributed by atoms with E-state index in [1.165, 1.54) is 12.8 Å². The van der Waals surface area contributed by atoms with Crippen molar-refractivity contribution in [2.24, 2.45) is 5.92 Å². The minimum Gasteiger partial charge on any atom is -0.313 e. The molecule has 0 unspecified atom stereocenters. The average Bonchev–Trinajstić information content (AvgIpc) is 2.14. The Morgan fingerprint density at radius 1 is 1.20 bits per heavy atom. The first-order valence-corrected chi connectivity index (χ1v) is 6.40. The minimum absolute atomic E-state index is 0.0602. The van der Waals surface area contributed by atoms with Crippen molar-refractivity contribution in [3.8, 4) is 0 Å².